The highest BCUT2D eigenvalue weighted by Crippen LogP contribution is 2.31. The molecule has 0 radical (unpaired) electrons. The number of nitrogens with zero attached hydrogens (tertiary/aromatic N) is 1. The van der Waals surface area contributed by atoms with Crippen LogP contribution in [0.5, 0.6) is 0 Å². The molecule has 1 aromatic carbocycles. The number of ether oxygens (including phenoxy) is 1. The standard InChI is InChI=1S/C25H26N2O4S/c1-14-8-10-21-19(12-14)23(18-6-4-5-7-20(18)27-21)25(30)31-15(2)24(29)22-11-9-17(32-22)13-26-16(3)28/h8-12,15H,4-7,13H2,1-3H3,(H,26,28). The number of nitrogens with one attached hydrogen (secondary N) is 1. The molecule has 1 N–H and O–H groups in total. The van der Waals surface area contributed by atoms with Gasteiger partial charge in [-0.2, -0.15) is 0 Å². The van der Waals surface area contributed by atoms with Crippen LogP contribution < -0.4 is 5.32 Å². The van der Waals surface area contributed by atoms with E-state index in [1.807, 2.05) is 25.1 Å². The van der Waals surface area contributed by atoms with E-state index in [4.69, 9.17) is 9.72 Å². The largest absolute Gasteiger partial charge is 0.451 e. The maximum atomic E-state index is 13.3. The van der Waals surface area contributed by atoms with Crippen LogP contribution in [0.15, 0.2) is 30.3 Å². The van der Waals surface area contributed by atoms with E-state index in [1.54, 1.807) is 19.1 Å². The molecule has 32 heavy (non-hydrogen) atoms. The number of ketones is 1. The van der Waals surface area contributed by atoms with Crippen molar-refractivity contribution < 1.29 is 19.1 Å². The highest BCUT2D eigenvalue weighted by molar-refractivity contribution is 7.14. The highest BCUT2D eigenvalue weighted by atomic mass is 32.1. The van der Waals surface area contributed by atoms with Crippen LogP contribution in [-0.4, -0.2) is 28.7 Å². The van der Waals surface area contributed by atoms with Crippen LogP contribution in [0, 0.1) is 6.92 Å². The molecule has 0 saturated carbocycles. The molecule has 1 atom stereocenters. The summed E-state index contributed by atoms with van der Waals surface area (Å²) in [6, 6.07) is 9.40. The summed E-state index contributed by atoms with van der Waals surface area (Å²) >= 11 is 1.30. The molecule has 0 fully saturated rings. The zero-order chi connectivity index (χ0) is 22.8. The molecule has 1 amide bonds. The van der Waals surface area contributed by atoms with Crippen molar-refractivity contribution in [3.8, 4) is 0 Å². The topological polar surface area (TPSA) is 85.4 Å². The molecule has 0 aliphatic heterocycles. The van der Waals surface area contributed by atoms with Gasteiger partial charge >= 0.3 is 5.97 Å². The first kappa shape index (κ1) is 22.1. The van der Waals surface area contributed by atoms with Gasteiger partial charge in [-0.1, -0.05) is 11.6 Å². The Morgan fingerprint density at radius 3 is 2.72 bits per heavy atom. The van der Waals surface area contributed by atoms with Crippen molar-refractivity contribution >= 4 is 39.9 Å². The molecule has 4 rings (SSSR count). The number of esters is 1. The Morgan fingerprint density at radius 2 is 1.94 bits per heavy atom. The van der Waals surface area contributed by atoms with Gasteiger partial charge in [0.25, 0.3) is 0 Å². The first-order chi connectivity index (χ1) is 15.3. The van der Waals surface area contributed by atoms with E-state index >= 15 is 0 Å². The van der Waals surface area contributed by atoms with Gasteiger partial charge in [0, 0.05) is 22.9 Å². The summed E-state index contributed by atoms with van der Waals surface area (Å²) in [6.07, 6.45) is 2.78. The van der Waals surface area contributed by atoms with Gasteiger partial charge in [-0.25, -0.2) is 4.79 Å². The number of rotatable bonds is 6. The maximum absolute atomic E-state index is 13.3. The molecule has 1 unspecified atom stereocenters. The van der Waals surface area contributed by atoms with Crippen molar-refractivity contribution in [2.45, 2.75) is 59.1 Å². The SMILES string of the molecule is CC(=O)NCc1ccc(C(=O)C(C)OC(=O)c2c3c(nc4ccc(C)cc24)CCCC3)s1. The number of hydrogen-bond donors (Lipinski definition) is 1. The number of aromatic nitrogens is 1. The smallest absolute Gasteiger partial charge is 0.339 e. The summed E-state index contributed by atoms with van der Waals surface area (Å²) in [6.45, 7) is 5.41. The Hall–Kier alpha value is -3.06. The van der Waals surface area contributed by atoms with Crippen LogP contribution in [0.3, 0.4) is 0 Å². The summed E-state index contributed by atoms with van der Waals surface area (Å²) in [5, 5.41) is 3.50. The lowest BCUT2D eigenvalue weighted by molar-refractivity contribution is -0.119. The van der Waals surface area contributed by atoms with Gasteiger partial charge in [0.2, 0.25) is 11.7 Å². The molecule has 2 heterocycles. The number of pyridine rings is 1. The molecular formula is C25H26N2O4S. The Bertz CT molecular complexity index is 1210. The van der Waals surface area contributed by atoms with Gasteiger partial charge in [0.1, 0.15) is 0 Å². The fourth-order valence-corrected chi connectivity index (χ4v) is 5.03. The molecule has 1 aliphatic rings. The van der Waals surface area contributed by atoms with Gasteiger partial charge in [-0.3, -0.25) is 14.6 Å². The van der Waals surface area contributed by atoms with Crippen molar-refractivity contribution in [2.75, 3.05) is 0 Å². The Kier molecular flexibility index (Phi) is 6.37. The summed E-state index contributed by atoms with van der Waals surface area (Å²) in [4.78, 5) is 43.5. The lowest BCUT2D eigenvalue weighted by Gasteiger charge is -2.21. The number of thiophene rings is 1. The second kappa shape index (κ2) is 9.20. The van der Waals surface area contributed by atoms with Crippen molar-refractivity contribution in [3.05, 3.63) is 62.5 Å². The van der Waals surface area contributed by atoms with Crippen molar-refractivity contribution in [3.63, 3.8) is 0 Å². The number of benzene rings is 1. The van der Waals surface area contributed by atoms with Crippen molar-refractivity contribution in [1.29, 1.82) is 0 Å². The lowest BCUT2D eigenvalue weighted by atomic mass is 9.89. The molecule has 7 heteroatoms. The maximum Gasteiger partial charge on any atom is 0.339 e. The second-order valence-electron chi connectivity index (χ2n) is 8.23. The summed E-state index contributed by atoms with van der Waals surface area (Å²) in [5.74, 6) is -0.852. The Labute approximate surface area is 191 Å². The molecule has 1 aliphatic carbocycles. The van der Waals surface area contributed by atoms with Crippen LogP contribution in [0.2, 0.25) is 0 Å². The molecule has 6 nitrogen and oxygen atoms in total. The van der Waals surface area contributed by atoms with Gasteiger partial charge in [0.15, 0.2) is 6.10 Å². The minimum Gasteiger partial charge on any atom is -0.451 e. The molecule has 166 valence electrons. The molecule has 0 spiro atoms. The van der Waals surface area contributed by atoms with Crippen molar-refractivity contribution in [2.24, 2.45) is 0 Å². The van der Waals surface area contributed by atoms with E-state index in [0.717, 1.165) is 58.3 Å². The number of carbonyl (C=O) groups excluding carboxylic acids is 3. The number of hydrogen-bond acceptors (Lipinski definition) is 6. The quantitative estimate of drug-likeness (QED) is 0.440. The summed E-state index contributed by atoms with van der Waals surface area (Å²) in [5.41, 5.74) is 4.28. The van der Waals surface area contributed by atoms with E-state index in [2.05, 4.69) is 5.32 Å². The van der Waals surface area contributed by atoms with Gasteiger partial charge in [-0.05, 0) is 69.4 Å². The number of carbonyl (C=O) groups is 3. The minimum absolute atomic E-state index is 0.128. The van der Waals surface area contributed by atoms with Gasteiger partial charge in [0.05, 0.1) is 22.5 Å². The van der Waals surface area contributed by atoms with E-state index in [-0.39, 0.29) is 11.7 Å². The zero-order valence-electron chi connectivity index (χ0n) is 18.5. The molecule has 0 saturated heterocycles. The predicted octanol–water partition coefficient (Wildman–Crippen LogP) is 4.55. The highest BCUT2D eigenvalue weighted by Gasteiger charge is 2.27. The third-order valence-electron chi connectivity index (χ3n) is 5.69. The van der Waals surface area contributed by atoms with Crippen molar-refractivity contribution in [1.82, 2.24) is 10.3 Å². The number of fused-ring (bicyclic) bond motifs is 2. The zero-order valence-corrected chi connectivity index (χ0v) is 19.3. The van der Waals surface area contributed by atoms with Gasteiger partial charge < -0.3 is 10.1 Å². The van der Waals surface area contributed by atoms with Crippen LogP contribution in [0.4, 0.5) is 0 Å². The molecule has 2 aromatic heterocycles. The summed E-state index contributed by atoms with van der Waals surface area (Å²) in [7, 11) is 0. The Balaban J connectivity index is 1.59. The van der Waals surface area contributed by atoms with Crippen LogP contribution in [0.25, 0.3) is 10.9 Å². The molecule has 3 aromatic rings. The van der Waals surface area contributed by atoms with Crippen LogP contribution in [-0.2, 0) is 28.9 Å². The van der Waals surface area contributed by atoms with Crippen LogP contribution >= 0.6 is 11.3 Å². The van der Waals surface area contributed by atoms with E-state index < -0.39 is 12.1 Å². The third kappa shape index (κ3) is 4.58. The second-order valence-corrected chi connectivity index (χ2v) is 9.40. The fraction of sp³-hybridized carbons (Fsp3) is 0.360. The Morgan fingerprint density at radius 1 is 1.16 bits per heavy atom. The third-order valence-corrected chi connectivity index (χ3v) is 6.79. The normalized spacial score (nSPS) is 14.0. The first-order valence-corrected chi connectivity index (χ1v) is 11.7. The summed E-state index contributed by atoms with van der Waals surface area (Å²) < 4.78 is 5.69. The fourth-order valence-electron chi connectivity index (χ4n) is 4.06. The minimum atomic E-state index is -0.915. The average Bonchev–Trinajstić information content (AvgIpc) is 3.24. The average molecular weight is 451 g/mol. The number of amides is 1. The first-order valence-electron chi connectivity index (χ1n) is 10.8. The number of aryl methyl sites for hydroxylation is 2. The molecule has 0 bridgehead atoms. The van der Waals surface area contributed by atoms with E-state index in [1.165, 1.54) is 18.3 Å². The predicted molar refractivity (Wildman–Crippen MR) is 124 cm³/mol. The van der Waals surface area contributed by atoms with E-state index in [9.17, 15) is 14.4 Å². The van der Waals surface area contributed by atoms with E-state index in [0.29, 0.717) is 17.0 Å². The van der Waals surface area contributed by atoms with Gasteiger partial charge in [-0.15, -0.1) is 11.3 Å². The lowest BCUT2D eigenvalue weighted by Crippen LogP contribution is -2.25. The monoisotopic (exact) mass is 450 g/mol. The van der Waals surface area contributed by atoms with Crippen LogP contribution in [0.1, 0.15) is 68.4 Å². The molecular weight excluding hydrogens is 424 g/mol. The number of Topliss-reactive ketones (excluding diaryl/α,β-unsaturated/α-hetero) is 1.